The highest BCUT2D eigenvalue weighted by Gasteiger charge is 2.15. The molecule has 0 aliphatic carbocycles. The lowest BCUT2D eigenvalue weighted by Gasteiger charge is -2.27. The van der Waals surface area contributed by atoms with Crippen LogP contribution in [0.2, 0.25) is 0 Å². The lowest BCUT2D eigenvalue weighted by atomic mass is 10.1. The van der Waals surface area contributed by atoms with Gasteiger partial charge in [-0.3, -0.25) is 4.79 Å². The Hall–Kier alpha value is -4.61. The number of rotatable bonds is 10. The van der Waals surface area contributed by atoms with E-state index in [1.54, 1.807) is 0 Å². The zero-order chi connectivity index (χ0) is 28.0. The molecular formula is C30H29N7O3S. The maximum atomic E-state index is 10.9. The van der Waals surface area contributed by atoms with Crippen molar-refractivity contribution < 1.29 is 14.6 Å². The molecule has 0 spiro atoms. The minimum Gasteiger partial charge on any atom is -0.481 e. The molecule has 3 N–H and O–H groups in total. The van der Waals surface area contributed by atoms with Crippen LogP contribution in [0.25, 0.3) is 10.3 Å². The predicted molar refractivity (Wildman–Crippen MR) is 161 cm³/mol. The maximum Gasteiger partial charge on any atom is 0.303 e. The van der Waals surface area contributed by atoms with E-state index >= 15 is 0 Å². The summed E-state index contributed by atoms with van der Waals surface area (Å²) in [7, 11) is 0. The molecule has 4 heterocycles. The maximum absolute atomic E-state index is 10.9. The first kappa shape index (κ1) is 26.6. The summed E-state index contributed by atoms with van der Waals surface area (Å²) in [4.78, 5) is 33.1. The van der Waals surface area contributed by atoms with E-state index in [2.05, 4.69) is 27.7 Å². The van der Waals surface area contributed by atoms with Gasteiger partial charge in [0.15, 0.2) is 5.13 Å². The number of benzene rings is 2. The quantitative estimate of drug-likeness (QED) is 0.202. The second kappa shape index (κ2) is 12.3. The molecule has 208 valence electrons. The van der Waals surface area contributed by atoms with Gasteiger partial charge in [-0.15, -0.1) is 0 Å². The SMILES string of the molecule is O=C(O)CCc1ccc(Nc2nc(Cc3ccccc3)cc(Nc3nc4ccc(N5CCOCC5)nc4s3)n2)cc1. The highest BCUT2D eigenvalue weighted by atomic mass is 32.1. The van der Waals surface area contributed by atoms with E-state index in [0.29, 0.717) is 43.0 Å². The molecule has 1 aliphatic heterocycles. The van der Waals surface area contributed by atoms with Crippen LogP contribution < -0.4 is 15.5 Å². The van der Waals surface area contributed by atoms with Crippen molar-refractivity contribution in [1.29, 1.82) is 0 Å². The highest BCUT2D eigenvalue weighted by Crippen LogP contribution is 2.29. The Kier molecular flexibility index (Phi) is 7.97. The molecule has 1 saturated heterocycles. The van der Waals surface area contributed by atoms with Gasteiger partial charge in [0.2, 0.25) is 5.95 Å². The van der Waals surface area contributed by atoms with Crippen LogP contribution in [0.15, 0.2) is 72.8 Å². The van der Waals surface area contributed by atoms with Gasteiger partial charge in [0.05, 0.1) is 18.9 Å². The molecule has 3 aromatic heterocycles. The highest BCUT2D eigenvalue weighted by molar-refractivity contribution is 7.21. The summed E-state index contributed by atoms with van der Waals surface area (Å²) in [5, 5.41) is 16.3. The monoisotopic (exact) mass is 567 g/mol. The van der Waals surface area contributed by atoms with Crippen LogP contribution in [-0.4, -0.2) is 57.3 Å². The van der Waals surface area contributed by atoms with Crippen LogP contribution >= 0.6 is 11.3 Å². The number of pyridine rings is 1. The van der Waals surface area contributed by atoms with Gasteiger partial charge in [-0.05, 0) is 41.8 Å². The smallest absolute Gasteiger partial charge is 0.303 e. The zero-order valence-corrected chi connectivity index (χ0v) is 23.1. The molecule has 5 aromatic rings. The summed E-state index contributed by atoms with van der Waals surface area (Å²) < 4.78 is 5.47. The summed E-state index contributed by atoms with van der Waals surface area (Å²) in [6, 6.07) is 23.8. The molecule has 1 fully saturated rings. The van der Waals surface area contributed by atoms with E-state index in [0.717, 1.165) is 51.8 Å². The lowest BCUT2D eigenvalue weighted by Crippen LogP contribution is -2.36. The van der Waals surface area contributed by atoms with Gasteiger partial charge >= 0.3 is 5.97 Å². The van der Waals surface area contributed by atoms with Gasteiger partial charge in [-0.1, -0.05) is 53.8 Å². The Morgan fingerprint density at radius 2 is 1.71 bits per heavy atom. The number of thiazole rings is 1. The minimum atomic E-state index is -0.808. The summed E-state index contributed by atoms with van der Waals surface area (Å²) in [5.74, 6) is 1.20. The number of hydrogen-bond acceptors (Lipinski definition) is 10. The number of anilines is 5. The number of carbonyl (C=O) groups is 1. The molecule has 0 saturated carbocycles. The Morgan fingerprint density at radius 1 is 0.902 bits per heavy atom. The number of carboxylic acids is 1. The van der Waals surface area contributed by atoms with Crippen molar-refractivity contribution in [3.05, 3.63) is 89.6 Å². The standard InChI is InChI=1S/C30H29N7O3S/c38-27(39)13-8-20-6-9-22(10-7-20)31-29-32-23(18-21-4-2-1-3-5-21)19-25(34-29)35-30-33-24-11-12-26(36-28(24)41-30)37-14-16-40-17-15-37/h1-7,9-12,19H,8,13-18H2,(H,38,39)(H2,31,32,33,34,35). The average molecular weight is 568 g/mol. The average Bonchev–Trinajstić information content (AvgIpc) is 3.39. The Bertz CT molecular complexity index is 1640. The van der Waals surface area contributed by atoms with Crippen LogP contribution in [0.3, 0.4) is 0 Å². The molecular weight excluding hydrogens is 538 g/mol. The summed E-state index contributed by atoms with van der Waals surface area (Å²) in [6.07, 6.45) is 1.23. The van der Waals surface area contributed by atoms with Crippen molar-refractivity contribution in [3.63, 3.8) is 0 Å². The first-order valence-electron chi connectivity index (χ1n) is 13.4. The Morgan fingerprint density at radius 3 is 2.49 bits per heavy atom. The number of nitrogens with zero attached hydrogens (tertiary/aromatic N) is 5. The predicted octanol–water partition coefficient (Wildman–Crippen LogP) is 5.41. The van der Waals surface area contributed by atoms with E-state index in [9.17, 15) is 4.79 Å². The van der Waals surface area contributed by atoms with Crippen LogP contribution in [0.1, 0.15) is 23.2 Å². The van der Waals surface area contributed by atoms with E-state index in [1.807, 2.05) is 60.7 Å². The van der Waals surface area contributed by atoms with Crippen molar-refractivity contribution in [2.24, 2.45) is 0 Å². The minimum absolute atomic E-state index is 0.0995. The van der Waals surface area contributed by atoms with Gasteiger partial charge in [0, 0.05) is 37.7 Å². The molecule has 2 aromatic carbocycles. The fourth-order valence-electron chi connectivity index (χ4n) is 4.59. The fraction of sp³-hybridized carbons (Fsp3) is 0.233. The molecule has 0 amide bonds. The lowest BCUT2D eigenvalue weighted by molar-refractivity contribution is -0.136. The second-order valence-corrected chi connectivity index (χ2v) is 10.7. The van der Waals surface area contributed by atoms with E-state index in [-0.39, 0.29) is 6.42 Å². The number of aromatic nitrogens is 4. The molecule has 0 radical (unpaired) electrons. The Balaban J connectivity index is 1.24. The van der Waals surface area contributed by atoms with Gasteiger partial charge in [0.25, 0.3) is 0 Å². The molecule has 6 rings (SSSR count). The van der Waals surface area contributed by atoms with E-state index in [4.69, 9.17) is 29.8 Å². The van der Waals surface area contributed by atoms with E-state index < -0.39 is 5.97 Å². The molecule has 1 aliphatic rings. The molecule has 10 nitrogen and oxygen atoms in total. The third-order valence-corrected chi connectivity index (χ3v) is 7.54. The topological polar surface area (TPSA) is 125 Å². The normalized spacial score (nSPS) is 13.3. The number of hydrogen-bond donors (Lipinski definition) is 3. The third-order valence-electron chi connectivity index (χ3n) is 6.66. The summed E-state index contributed by atoms with van der Waals surface area (Å²) in [6.45, 7) is 3.07. The number of aryl methyl sites for hydroxylation is 1. The summed E-state index contributed by atoms with van der Waals surface area (Å²) in [5.41, 5.74) is 4.59. The molecule has 41 heavy (non-hydrogen) atoms. The van der Waals surface area contributed by atoms with Crippen LogP contribution in [-0.2, 0) is 22.4 Å². The second-order valence-electron chi connectivity index (χ2n) is 9.68. The van der Waals surface area contributed by atoms with Gasteiger partial charge in [-0.25, -0.2) is 15.0 Å². The zero-order valence-electron chi connectivity index (χ0n) is 22.3. The van der Waals surface area contributed by atoms with Crippen LogP contribution in [0.5, 0.6) is 0 Å². The third kappa shape index (κ3) is 6.94. The Labute approximate surface area is 241 Å². The van der Waals surface area contributed by atoms with Gasteiger partial charge in [-0.2, -0.15) is 4.98 Å². The summed E-state index contributed by atoms with van der Waals surface area (Å²) >= 11 is 1.48. The van der Waals surface area contributed by atoms with Crippen molar-refractivity contribution in [2.45, 2.75) is 19.3 Å². The number of morpholine rings is 1. The van der Waals surface area contributed by atoms with Crippen LogP contribution in [0, 0.1) is 0 Å². The molecule has 0 atom stereocenters. The molecule has 0 unspecified atom stereocenters. The molecule has 11 heteroatoms. The number of aliphatic carboxylic acids is 1. The number of ether oxygens (including phenoxy) is 1. The van der Waals surface area contributed by atoms with Crippen molar-refractivity contribution in [3.8, 4) is 0 Å². The van der Waals surface area contributed by atoms with Gasteiger partial charge in [0.1, 0.15) is 22.0 Å². The number of nitrogens with one attached hydrogen (secondary N) is 2. The molecule has 0 bridgehead atoms. The van der Waals surface area contributed by atoms with Crippen molar-refractivity contribution in [2.75, 3.05) is 41.8 Å². The number of carboxylic acid groups (broad SMARTS) is 1. The first-order chi connectivity index (χ1) is 20.1. The number of fused-ring (bicyclic) bond motifs is 1. The van der Waals surface area contributed by atoms with Gasteiger partial charge < -0.3 is 25.4 Å². The van der Waals surface area contributed by atoms with Crippen molar-refractivity contribution >= 4 is 56.1 Å². The van der Waals surface area contributed by atoms with Crippen LogP contribution in [0.4, 0.5) is 28.4 Å². The van der Waals surface area contributed by atoms with Crippen molar-refractivity contribution in [1.82, 2.24) is 19.9 Å². The largest absolute Gasteiger partial charge is 0.481 e. The van der Waals surface area contributed by atoms with E-state index in [1.165, 1.54) is 11.3 Å². The first-order valence-corrected chi connectivity index (χ1v) is 14.3. The fourth-order valence-corrected chi connectivity index (χ4v) is 5.43.